The molecule has 0 aliphatic carbocycles. The van der Waals surface area contributed by atoms with Crippen molar-refractivity contribution < 1.29 is 19.5 Å². The predicted octanol–water partition coefficient (Wildman–Crippen LogP) is 3.73. The lowest BCUT2D eigenvalue weighted by Crippen LogP contribution is -2.54. The first-order valence-corrected chi connectivity index (χ1v) is 12.6. The second-order valence-electron chi connectivity index (χ2n) is 9.75. The van der Waals surface area contributed by atoms with Crippen molar-refractivity contribution in [1.29, 1.82) is 0 Å². The second kappa shape index (κ2) is 10.8. The topological polar surface area (TPSA) is 124 Å². The summed E-state index contributed by atoms with van der Waals surface area (Å²) in [5.41, 5.74) is 2.56. The van der Waals surface area contributed by atoms with Gasteiger partial charge in [-0.05, 0) is 47.9 Å². The molecule has 0 radical (unpaired) electrons. The van der Waals surface area contributed by atoms with Gasteiger partial charge in [-0.15, -0.1) is 0 Å². The molecule has 2 aliphatic heterocycles. The number of carbonyl (C=O) groups excluding carboxylic acids is 2. The van der Waals surface area contributed by atoms with Gasteiger partial charge in [0.1, 0.15) is 5.82 Å². The van der Waals surface area contributed by atoms with E-state index < -0.39 is 17.4 Å². The van der Waals surface area contributed by atoms with Crippen LogP contribution < -0.4 is 15.5 Å². The van der Waals surface area contributed by atoms with Crippen molar-refractivity contribution in [2.75, 3.05) is 16.8 Å². The number of carboxylic acids is 1. The van der Waals surface area contributed by atoms with Crippen LogP contribution in [0.1, 0.15) is 30.4 Å². The Hall–Kier alpha value is -4.53. The van der Waals surface area contributed by atoms with Crippen LogP contribution in [0.3, 0.4) is 0 Å². The summed E-state index contributed by atoms with van der Waals surface area (Å²) in [6.07, 6.45) is 4.01. The lowest BCUT2D eigenvalue weighted by molar-refractivity contribution is -0.137. The Balaban J connectivity index is 1.27. The second-order valence-corrected chi connectivity index (χ2v) is 9.75. The van der Waals surface area contributed by atoms with E-state index in [-0.39, 0.29) is 37.6 Å². The number of fused-ring (bicyclic) bond motifs is 1. The Morgan fingerprint density at radius 1 is 1.08 bits per heavy atom. The number of nitrogens with one attached hydrogen (secondary N) is 2. The van der Waals surface area contributed by atoms with E-state index in [4.69, 9.17) is 0 Å². The van der Waals surface area contributed by atoms with E-state index in [1.54, 1.807) is 17.3 Å². The number of para-hydroxylation sites is 1. The highest BCUT2D eigenvalue weighted by Crippen LogP contribution is 2.32. The van der Waals surface area contributed by atoms with Crippen LogP contribution in [0.4, 0.5) is 17.2 Å². The molecule has 2 unspecified atom stereocenters. The lowest BCUT2D eigenvalue weighted by Gasteiger charge is -2.35. The van der Waals surface area contributed by atoms with E-state index in [0.29, 0.717) is 13.0 Å². The van der Waals surface area contributed by atoms with Gasteiger partial charge in [0.25, 0.3) is 0 Å². The number of rotatable bonds is 9. The normalized spacial score (nSPS) is 20.2. The van der Waals surface area contributed by atoms with Gasteiger partial charge in [0.05, 0.1) is 17.1 Å². The van der Waals surface area contributed by atoms with Crippen molar-refractivity contribution in [2.45, 2.75) is 37.8 Å². The molecule has 3 aromatic rings. The van der Waals surface area contributed by atoms with Gasteiger partial charge in [-0.3, -0.25) is 19.4 Å². The summed E-state index contributed by atoms with van der Waals surface area (Å²) in [7, 11) is 0. The zero-order valence-electron chi connectivity index (χ0n) is 20.8. The molecule has 0 bridgehead atoms. The number of benzene rings is 2. The third-order valence-electron chi connectivity index (χ3n) is 6.96. The number of nitrogens with zero attached hydrogens (tertiary/aromatic N) is 3. The zero-order chi connectivity index (χ0) is 26.5. The molecule has 1 saturated heterocycles. The molecule has 2 atom stereocenters. The molecule has 1 aromatic heterocycles. The minimum atomic E-state index is -0.939. The van der Waals surface area contributed by atoms with Gasteiger partial charge in [0.15, 0.2) is 0 Å². The summed E-state index contributed by atoms with van der Waals surface area (Å²) in [5, 5.41) is 15.6. The van der Waals surface area contributed by atoms with Crippen LogP contribution in [-0.2, 0) is 27.3 Å². The monoisotopic (exact) mass is 511 g/mol. The van der Waals surface area contributed by atoms with Crippen molar-refractivity contribution >= 4 is 41.2 Å². The molecule has 1 fully saturated rings. The summed E-state index contributed by atoms with van der Waals surface area (Å²) in [6, 6.07) is 20.9. The number of carboxylic acid groups (broad SMARTS) is 1. The molecule has 38 heavy (non-hydrogen) atoms. The smallest absolute Gasteiger partial charge is 0.303 e. The van der Waals surface area contributed by atoms with Crippen molar-refractivity contribution in [2.24, 2.45) is 10.9 Å². The maximum Gasteiger partial charge on any atom is 0.303 e. The number of hydrogen-bond acceptors (Lipinski definition) is 6. The molecule has 194 valence electrons. The molecule has 9 heteroatoms. The molecule has 2 aliphatic rings. The Labute approximate surface area is 220 Å². The Bertz CT molecular complexity index is 1380. The summed E-state index contributed by atoms with van der Waals surface area (Å²) in [4.78, 5) is 48.1. The van der Waals surface area contributed by atoms with Gasteiger partial charge in [-0.25, -0.2) is 4.98 Å². The Kier molecular flexibility index (Phi) is 7.17. The lowest BCUT2D eigenvalue weighted by atomic mass is 9.84. The van der Waals surface area contributed by atoms with E-state index in [0.717, 1.165) is 28.3 Å². The number of aliphatic imine (C=N–C) groups is 1. The number of aliphatic carboxylic acids is 1. The van der Waals surface area contributed by atoms with Gasteiger partial charge in [0, 0.05) is 50.5 Å². The molecular weight excluding hydrogens is 482 g/mol. The van der Waals surface area contributed by atoms with Crippen LogP contribution in [0.15, 0.2) is 77.9 Å². The van der Waals surface area contributed by atoms with E-state index in [2.05, 4.69) is 20.6 Å². The third kappa shape index (κ3) is 5.72. The first-order chi connectivity index (χ1) is 18.4. The number of aromatic nitrogens is 1. The van der Waals surface area contributed by atoms with Gasteiger partial charge in [0.2, 0.25) is 11.8 Å². The van der Waals surface area contributed by atoms with Crippen LogP contribution in [0, 0.1) is 5.92 Å². The molecular formula is C29H29N5O4. The SMILES string of the molecule is O=C(O)CCC1(NC(=O)C2CC(=O)N(c3cccc(CNc4ccccn4)c3)C2)C=Nc2ccccc2C1. The summed E-state index contributed by atoms with van der Waals surface area (Å²) in [6.45, 7) is 0.800. The maximum absolute atomic E-state index is 13.4. The fourth-order valence-corrected chi connectivity index (χ4v) is 4.96. The van der Waals surface area contributed by atoms with E-state index in [9.17, 15) is 19.5 Å². The van der Waals surface area contributed by atoms with Crippen LogP contribution in [0.2, 0.25) is 0 Å². The fraction of sp³-hybridized carbons (Fsp3) is 0.276. The molecule has 3 N–H and O–H groups in total. The molecule has 9 nitrogen and oxygen atoms in total. The third-order valence-corrected chi connectivity index (χ3v) is 6.96. The fourth-order valence-electron chi connectivity index (χ4n) is 4.96. The molecule has 2 amide bonds. The molecule has 0 spiro atoms. The number of carbonyl (C=O) groups is 3. The molecule has 3 heterocycles. The minimum Gasteiger partial charge on any atom is -0.481 e. The van der Waals surface area contributed by atoms with E-state index in [1.807, 2.05) is 66.7 Å². The molecule has 2 aromatic carbocycles. The first kappa shape index (κ1) is 25.1. The van der Waals surface area contributed by atoms with Crippen molar-refractivity contribution in [3.63, 3.8) is 0 Å². The Morgan fingerprint density at radius 3 is 2.74 bits per heavy atom. The highest BCUT2D eigenvalue weighted by atomic mass is 16.4. The van der Waals surface area contributed by atoms with Crippen LogP contribution >= 0.6 is 0 Å². The number of hydrogen-bond donors (Lipinski definition) is 3. The quantitative estimate of drug-likeness (QED) is 0.402. The minimum absolute atomic E-state index is 0.0883. The van der Waals surface area contributed by atoms with Gasteiger partial charge in [-0.2, -0.15) is 0 Å². The summed E-state index contributed by atoms with van der Waals surface area (Å²) < 4.78 is 0. The number of anilines is 2. The standard InChI is InChI=1S/C29H29N5O4/c35-26-15-22(18-34(26)23-8-5-6-20(14-23)17-31-25-10-3-4-13-30-25)28(38)33-29(12-11-27(36)37)16-21-7-1-2-9-24(21)32-19-29/h1-10,13-14,19,22H,11-12,15-18H2,(H,30,31)(H,33,38)(H,36,37). The Morgan fingerprint density at radius 2 is 1.92 bits per heavy atom. The average Bonchev–Trinajstić information content (AvgIpc) is 3.33. The summed E-state index contributed by atoms with van der Waals surface area (Å²) in [5.74, 6) is -1.12. The highest BCUT2D eigenvalue weighted by molar-refractivity contribution is 6.01. The van der Waals surface area contributed by atoms with Crippen molar-refractivity contribution in [1.82, 2.24) is 10.3 Å². The van der Waals surface area contributed by atoms with Gasteiger partial charge in [-0.1, -0.05) is 36.4 Å². The van der Waals surface area contributed by atoms with Gasteiger partial charge < -0.3 is 20.6 Å². The van der Waals surface area contributed by atoms with Crippen molar-refractivity contribution in [3.05, 3.63) is 84.1 Å². The number of amides is 2. The first-order valence-electron chi connectivity index (χ1n) is 12.6. The van der Waals surface area contributed by atoms with Crippen molar-refractivity contribution in [3.8, 4) is 0 Å². The zero-order valence-corrected chi connectivity index (χ0v) is 20.8. The summed E-state index contributed by atoms with van der Waals surface area (Å²) >= 11 is 0. The maximum atomic E-state index is 13.4. The van der Waals surface area contributed by atoms with E-state index in [1.165, 1.54) is 0 Å². The highest BCUT2D eigenvalue weighted by Gasteiger charge is 2.40. The van der Waals surface area contributed by atoms with Crippen LogP contribution in [0.25, 0.3) is 0 Å². The van der Waals surface area contributed by atoms with Crippen LogP contribution in [-0.4, -0.2) is 46.2 Å². The van der Waals surface area contributed by atoms with Crippen LogP contribution in [0.5, 0.6) is 0 Å². The molecule has 5 rings (SSSR count). The number of pyridine rings is 1. The van der Waals surface area contributed by atoms with Gasteiger partial charge >= 0.3 is 5.97 Å². The predicted molar refractivity (Wildman–Crippen MR) is 145 cm³/mol. The van der Waals surface area contributed by atoms with E-state index >= 15 is 0 Å². The molecule has 0 saturated carbocycles. The largest absolute Gasteiger partial charge is 0.481 e. The average molecular weight is 512 g/mol.